The zero-order valence-corrected chi connectivity index (χ0v) is 31.3. The van der Waals surface area contributed by atoms with E-state index in [0.717, 1.165) is 75.3 Å². The van der Waals surface area contributed by atoms with Crippen molar-refractivity contribution in [3.63, 3.8) is 0 Å². The quantitative estimate of drug-likeness (QED) is 0.122. The molecule has 0 spiro atoms. The van der Waals surface area contributed by atoms with E-state index in [1.807, 2.05) is 61.5 Å². The van der Waals surface area contributed by atoms with Crippen LogP contribution in [-0.2, 0) is 6.54 Å². The van der Waals surface area contributed by atoms with Crippen molar-refractivity contribution >= 4 is 61.6 Å². The van der Waals surface area contributed by atoms with Crippen LogP contribution in [0.15, 0.2) is 93.0 Å². The molecule has 2 unspecified atom stereocenters. The van der Waals surface area contributed by atoms with Crippen LogP contribution in [0.2, 0.25) is 0 Å². The van der Waals surface area contributed by atoms with Gasteiger partial charge >= 0.3 is 0 Å². The summed E-state index contributed by atoms with van der Waals surface area (Å²) in [4.78, 5) is 30.7. The Kier molecular flexibility index (Phi) is 9.22. The predicted molar refractivity (Wildman–Crippen MR) is 208 cm³/mol. The molecular formula is C40H34BrClN8O3. The second kappa shape index (κ2) is 14.1. The van der Waals surface area contributed by atoms with Gasteiger partial charge in [-0.1, -0.05) is 30.4 Å². The number of aliphatic imine (C=N–C) groups is 1. The fraction of sp³-hybridized carbons (Fsp3) is 0.250. The third kappa shape index (κ3) is 6.90. The SMILES string of the molecule is COc1cc(NCc2cc(C#N)c3oc(-c4cccc(C5=CC=CC(NC(=O)c6cc(C7CC7)c(C7=NCCN7)cn6)C5(C)Cl)c4)nc3c2)c(Br)cn1. The van der Waals surface area contributed by atoms with E-state index in [2.05, 4.69) is 52.9 Å². The van der Waals surface area contributed by atoms with Gasteiger partial charge in [-0.3, -0.25) is 14.8 Å². The number of carbonyl (C=O) groups excluding carboxylic acids is 1. The fourth-order valence-corrected chi connectivity index (χ4v) is 7.39. The number of fused-ring (bicyclic) bond motifs is 1. The number of nitrogens with one attached hydrogen (secondary N) is 3. The highest BCUT2D eigenvalue weighted by Gasteiger charge is 2.38. The smallest absolute Gasteiger partial charge is 0.270 e. The summed E-state index contributed by atoms with van der Waals surface area (Å²) in [5, 5.41) is 19.8. The molecule has 4 heterocycles. The number of aromatic nitrogens is 3. The molecular weight excluding hydrogens is 756 g/mol. The molecule has 5 aromatic rings. The maximum Gasteiger partial charge on any atom is 0.270 e. The van der Waals surface area contributed by atoms with Gasteiger partial charge in [-0.2, -0.15) is 5.26 Å². The van der Waals surface area contributed by atoms with Crippen LogP contribution in [0.1, 0.15) is 64.0 Å². The number of methoxy groups -OCH3 is 1. The molecule has 3 aliphatic rings. The van der Waals surface area contributed by atoms with E-state index in [-0.39, 0.29) is 5.91 Å². The van der Waals surface area contributed by atoms with Gasteiger partial charge in [0.05, 0.1) is 40.3 Å². The van der Waals surface area contributed by atoms with Crippen molar-refractivity contribution in [2.24, 2.45) is 4.99 Å². The number of allylic oxidation sites excluding steroid dienone is 2. The fourth-order valence-electron chi connectivity index (χ4n) is 6.74. The largest absolute Gasteiger partial charge is 0.481 e. The average molecular weight is 790 g/mol. The van der Waals surface area contributed by atoms with E-state index in [4.69, 9.17) is 25.7 Å². The standard InChI is InChI=1S/C40H34BrClN8O3/c1-40(42)29(7-4-8-34(40)50-38(51)33-16-27(23-9-10-23)28(20-47-33)37-44-11-12-45-37)24-5-3-6-25(15-24)39-49-32-14-22(13-26(18-43)36(32)53-39)19-46-31-17-35(52-2)48-21-30(31)41/h3-8,13-17,20-21,23,34H,9-12,19H2,1-2H3,(H,44,45)(H,46,48)(H,50,51). The number of rotatable bonds is 10. The number of amides is 1. The summed E-state index contributed by atoms with van der Waals surface area (Å²) in [6.45, 7) is 3.87. The molecule has 1 amide bonds. The lowest BCUT2D eigenvalue weighted by Crippen LogP contribution is -2.48. The van der Waals surface area contributed by atoms with Gasteiger partial charge in [-0.15, -0.1) is 11.6 Å². The maximum atomic E-state index is 13.6. The first-order valence-corrected chi connectivity index (χ1v) is 18.4. The van der Waals surface area contributed by atoms with Crippen molar-refractivity contribution < 1.29 is 13.9 Å². The van der Waals surface area contributed by atoms with E-state index in [0.29, 0.717) is 46.6 Å². The number of oxazole rings is 1. The molecule has 8 rings (SSSR count). The number of hydrogen-bond donors (Lipinski definition) is 3. The number of hydrogen-bond acceptors (Lipinski definition) is 10. The van der Waals surface area contributed by atoms with Crippen LogP contribution < -0.4 is 20.7 Å². The molecule has 13 heteroatoms. The van der Waals surface area contributed by atoms with Crippen molar-refractivity contribution in [3.8, 4) is 23.4 Å². The molecule has 1 fully saturated rings. The van der Waals surface area contributed by atoms with E-state index >= 15 is 0 Å². The Balaban J connectivity index is 1.02. The van der Waals surface area contributed by atoms with E-state index in [1.54, 1.807) is 31.6 Å². The van der Waals surface area contributed by atoms with Gasteiger partial charge in [0.15, 0.2) is 5.58 Å². The van der Waals surface area contributed by atoms with Gasteiger partial charge in [0.1, 0.15) is 23.1 Å². The van der Waals surface area contributed by atoms with Gasteiger partial charge < -0.3 is 25.1 Å². The molecule has 1 saturated carbocycles. The molecule has 3 N–H and O–H groups in total. The number of carbonyl (C=O) groups is 1. The zero-order valence-electron chi connectivity index (χ0n) is 28.9. The summed E-state index contributed by atoms with van der Waals surface area (Å²) < 4.78 is 12.2. The third-order valence-corrected chi connectivity index (χ3v) is 10.8. The highest BCUT2D eigenvalue weighted by molar-refractivity contribution is 9.10. The first-order chi connectivity index (χ1) is 25.7. The van der Waals surface area contributed by atoms with Crippen molar-refractivity contribution in [2.75, 3.05) is 25.5 Å². The molecule has 0 bridgehead atoms. The Labute approximate surface area is 319 Å². The van der Waals surface area contributed by atoms with E-state index in [9.17, 15) is 10.1 Å². The number of alkyl halides is 1. The molecule has 0 saturated heterocycles. The monoisotopic (exact) mass is 788 g/mol. The molecule has 2 aromatic carbocycles. The second-order valence-corrected chi connectivity index (χ2v) is 15.0. The number of amidine groups is 1. The number of anilines is 1. The Hall–Kier alpha value is -5.51. The normalized spacial score (nSPS) is 19.3. The summed E-state index contributed by atoms with van der Waals surface area (Å²) in [6.07, 6.45) is 11.4. The van der Waals surface area contributed by atoms with Crippen LogP contribution in [0.25, 0.3) is 28.1 Å². The molecule has 2 aliphatic carbocycles. The minimum Gasteiger partial charge on any atom is -0.481 e. The predicted octanol–water partition coefficient (Wildman–Crippen LogP) is 7.52. The van der Waals surface area contributed by atoms with E-state index in [1.165, 1.54) is 0 Å². The van der Waals surface area contributed by atoms with Gasteiger partial charge in [0.2, 0.25) is 11.8 Å². The van der Waals surface area contributed by atoms with Crippen molar-refractivity contribution in [2.45, 2.75) is 43.1 Å². The van der Waals surface area contributed by atoms with Crippen LogP contribution in [0.4, 0.5) is 5.69 Å². The Bertz CT molecular complexity index is 2410. The van der Waals surface area contributed by atoms with Gasteiger partial charge in [0.25, 0.3) is 5.91 Å². The number of pyridine rings is 2. The minimum absolute atomic E-state index is 0.293. The molecule has 2 atom stereocenters. The lowest BCUT2D eigenvalue weighted by molar-refractivity contribution is 0.0935. The molecule has 0 radical (unpaired) electrons. The second-order valence-electron chi connectivity index (χ2n) is 13.3. The number of ether oxygens (including phenoxy) is 1. The highest BCUT2D eigenvalue weighted by Crippen LogP contribution is 2.43. The van der Waals surface area contributed by atoms with Crippen molar-refractivity contribution in [3.05, 3.63) is 117 Å². The zero-order chi connectivity index (χ0) is 36.7. The summed E-state index contributed by atoms with van der Waals surface area (Å²) in [5.41, 5.74) is 7.83. The number of nitrogens with zero attached hydrogens (tertiary/aromatic N) is 5. The lowest BCUT2D eigenvalue weighted by atomic mass is 9.83. The van der Waals surface area contributed by atoms with Crippen LogP contribution in [0, 0.1) is 11.3 Å². The summed E-state index contributed by atoms with van der Waals surface area (Å²) in [7, 11) is 1.56. The maximum absolute atomic E-state index is 13.6. The van der Waals surface area contributed by atoms with Crippen LogP contribution >= 0.6 is 27.5 Å². The summed E-state index contributed by atoms with van der Waals surface area (Å²) in [5.74, 6) is 1.83. The number of halogens is 2. The molecule has 266 valence electrons. The summed E-state index contributed by atoms with van der Waals surface area (Å²) in [6, 6.07) is 16.9. The first-order valence-electron chi connectivity index (χ1n) is 17.3. The van der Waals surface area contributed by atoms with Crippen molar-refractivity contribution in [1.82, 2.24) is 25.6 Å². The molecule has 1 aliphatic heterocycles. The Morgan fingerprint density at radius 3 is 2.79 bits per heavy atom. The lowest BCUT2D eigenvalue weighted by Gasteiger charge is -2.35. The van der Waals surface area contributed by atoms with E-state index < -0.39 is 10.9 Å². The highest BCUT2D eigenvalue weighted by atomic mass is 79.9. The van der Waals surface area contributed by atoms with Gasteiger partial charge in [0, 0.05) is 42.7 Å². The van der Waals surface area contributed by atoms with Crippen molar-refractivity contribution in [1.29, 1.82) is 5.26 Å². The Morgan fingerprint density at radius 1 is 1.17 bits per heavy atom. The number of benzene rings is 2. The number of nitriles is 1. The third-order valence-electron chi connectivity index (χ3n) is 9.69. The van der Waals surface area contributed by atoms with Crippen LogP contribution in [0.3, 0.4) is 0 Å². The van der Waals surface area contributed by atoms with Crippen LogP contribution in [-0.4, -0.2) is 57.8 Å². The average Bonchev–Trinajstić information content (AvgIpc) is 3.69. The molecule has 3 aromatic heterocycles. The molecule has 53 heavy (non-hydrogen) atoms. The Morgan fingerprint density at radius 2 is 2.02 bits per heavy atom. The van der Waals surface area contributed by atoms with Gasteiger partial charge in [-0.05, 0) is 94.2 Å². The van der Waals surface area contributed by atoms with Crippen LogP contribution in [0.5, 0.6) is 5.88 Å². The summed E-state index contributed by atoms with van der Waals surface area (Å²) >= 11 is 10.8. The molecule has 11 nitrogen and oxygen atoms in total. The topological polar surface area (TPSA) is 150 Å². The van der Waals surface area contributed by atoms with Gasteiger partial charge in [-0.25, -0.2) is 9.97 Å². The minimum atomic E-state index is -0.990. The first kappa shape index (κ1) is 34.6.